The Morgan fingerprint density at radius 2 is 1.81 bits per heavy atom. The van der Waals surface area contributed by atoms with Crippen LogP contribution in [0.4, 0.5) is 0 Å². The minimum absolute atomic E-state index is 0.0356. The van der Waals surface area contributed by atoms with Crippen LogP contribution in [0.5, 0.6) is 11.5 Å². The van der Waals surface area contributed by atoms with Gasteiger partial charge >= 0.3 is 0 Å². The van der Waals surface area contributed by atoms with E-state index < -0.39 is 17.4 Å². The van der Waals surface area contributed by atoms with E-state index in [2.05, 4.69) is 5.32 Å². The van der Waals surface area contributed by atoms with Gasteiger partial charge in [0.1, 0.15) is 0 Å². The molecule has 1 aromatic carbocycles. The molecule has 86 valence electrons. The highest BCUT2D eigenvalue weighted by atomic mass is 16.3. The maximum atomic E-state index is 11.5. The van der Waals surface area contributed by atoms with Crippen LogP contribution in [-0.4, -0.2) is 27.9 Å². The number of ketones is 1. The fourth-order valence-corrected chi connectivity index (χ4v) is 1.12. The van der Waals surface area contributed by atoms with Gasteiger partial charge in [0.2, 0.25) is 5.78 Å². The summed E-state index contributed by atoms with van der Waals surface area (Å²) in [6.45, 7) is 3.47. The Kier molecular flexibility index (Phi) is 3.50. The molecule has 0 saturated carbocycles. The number of Topliss-reactive ketones (excluding diaryl/α,β-unsaturated/α-hetero) is 1. The van der Waals surface area contributed by atoms with Gasteiger partial charge in [-0.1, -0.05) is 0 Å². The highest BCUT2D eigenvalue weighted by Gasteiger charge is 2.17. The summed E-state index contributed by atoms with van der Waals surface area (Å²) in [6, 6.07) is 3.35. The first-order chi connectivity index (χ1) is 7.41. The highest BCUT2D eigenvalue weighted by Crippen LogP contribution is 2.24. The van der Waals surface area contributed by atoms with Crippen LogP contribution >= 0.6 is 0 Å². The molecule has 0 aliphatic rings. The summed E-state index contributed by atoms with van der Waals surface area (Å²) in [6.07, 6.45) is 0. The van der Waals surface area contributed by atoms with Crippen LogP contribution in [-0.2, 0) is 4.79 Å². The number of hydrogen-bond acceptors (Lipinski definition) is 4. The van der Waals surface area contributed by atoms with Crippen molar-refractivity contribution in [2.45, 2.75) is 19.9 Å². The standard InChI is InChI=1S/C11H13NO4/c1-6(2)12-11(16)10(15)7-3-4-8(13)9(14)5-7/h3-6,13-14H,1-2H3,(H,12,16). The summed E-state index contributed by atoms with van der Waals surface area (Å²) in [5.74, 6) is -2.24. The van der Waals surface area contributed by atoms with E-state index in [1.807, 2.05) is 0 Å². The second kappa shape index (κ2) is 4.65. The average Bonchev–Trinajstić information content (AvgIpc) is 2.20. The molecule has 16 heavy (non-hydrogen) atoms. The van der Waals surface area contributed by atoms with Crippen molar-refractivity contribution < 1.29 is 19.8 Å². The van der Waals surface area contributed by atoms with Crippen molar-refractivity contribution in [3.63, 3.8) is 0 Å². The largest absolute Gasteiger partial charge is 0.504 e. The molecular formula is C11H13NO4. The Bertz CT molecular complexity index is 426. The van der Waals surface area contributed by atoms with E-state index in [1.165, 1.54) is 6.07 Å². The normalized spacial score (nSPS) is 10.2. The van der Waals surface area contributed by atoms with Crippen molar-refractivity contribution >= 4 is 11.7 Å². The number of phenolic OH excluding ortho intramolecular Hbond substituents is 2. The van der Waals surface area contributed by atoms with Crippen LogP contribution in [0.25, 0.3) is 0 Å². The van der Waals surface area contributed by atoms with Crippen LogP contribution in [0.2, 0.25) is 0 Å². The van der Waals surface area contributed by atoms with Crippen molar-refractivity contribution in [1.82, 2.24) is 5.32 Å². The van der Waals surface area contributed by atoms with Crippen molar-refractivity contribution in [3.8, 4) is 11.5 Å². The van der Waals surface area contributed by atoms with E-state index in [1.54, 1.807) is 13.8 Å². The zero-order valence-corrected chi connectivity index (χ0v) is 9.02. The van der Waals surface area contributed by atoms with Crippen molar-refractivity contribution in [2.75, 3.05) is 0 Å². The molecule has 1 rings (SSSR count). The maximum Gasteiger partial charge on any atom is 0.292 e. The van der Waals surface area contributed by atoms with E-state index in [-0.39, 0.29) is 17.4 Å². The van der Waals surface area contributed by atoms with Crippen LogP contribution in [0.3, 0.4) is 0 Å². The van der Waals surface area contributed by atoms with Gasteiger partial charge in [-0.05, 0) is 32.0 Å². The quantitative estimate of drug-likeness (QED) is 0.402. The minimum atomic E-state index is -0.746. The molecule has 0 fully saturated rings. The lowest BCUT2D eigenvalue weighted by Crippen LogP contribution is -2.35. The first kappa shape index (κ1) is 12.0. The lowest BCUT2D eigenvalue weighted by molar-refractivity contribution is -0.117. The van der Waals surface area contributed by atoms with Gasteiger partial charge in [0.15, 0.2) is 11.5 Å². The predicted molar refractivity (Wildman–Crippen MR) is 57.4 cm³/mol. The van der Waals surface area contributed by atoms with Gasteiger partial charge in [0.25, 0.3) is 5.91 Å². The Labute approximate surface area is 92.7 Å². The third kappa shape index (κ3) is 2.73. The third-order valence-corrected chi connectivity index (χ3v) is 1.86. The molecule has 0 aliphatic carbocycles. The number of carbonyl (C=O) groups excluding carboxylic acids is 2. The van der Waals surface area contributed by atoms with Crippen LogP contribution in [0.15, 0.2) is 18.2 Å². The molecular weight excluding hydrogens is 210 g/mol. The van der Waals surface area contributed by atoms with Crippen molar-refractivity contribution in [2.24, 2.45) is 0 Å². The Morgan fingerprint density at radius 1 is 1.19 bits per heavy atom. The molecule has 1 aromatic rings. The molecule has 3 N–H and O–H groups in total. The molecule has 0 atom stereocenters. The van der Waals surface area contributed by atoms with E-state index in [0.717, 1.165) is 12.1 Å². The van der Waals surface area contributed by atoms with Crippen LogP contribution in [0, 0.1) is 0 Å². The van der Waals surface area contributed by atoms with Crippen LogP contribution in [0.1, 0.15) is 24.2 Å². The summed E-state index contributed by atoms with van der Waals surface area (Å²) in [5.41, 5.74) is 0.0356. The molecule has 0 heterocycles. The molecule has 1 amide bonds. The second-order valence-corrected chi connectivity index (χ2v) is 3.66. The van der Waals surface area contributed by atoms with Crippen LogP contribution < -0.4 is 5.32 Å². The fraction of sp³-hybridized carbons (Fsp3) is 0.273. The van der Waals surface area contributed by atoms with Gasteiger partial charge in [0.05, 0.1) is 0 Å². The smallest absolute Gasteiger partial charge is 0.292 e. The molecule has 0 bridgehead atoms. The maximum absolute atomic E-state index is 11.5. The van der Waals surface area contributed by atoms with Gasteiger partial charge in [-0.15, -0.1) is 0 Å². The topological polar surface area (TPSA) is 86.6 Å². The van der Waals surface area contributed by atoms with Gasteiger partial charge in [0, 0.05) is 11.6 Å². The molecule has 0 aromatic heterocycles. The molecule has 0 radical (unpaired) electrons. The lowest BCUT2D eigenvalue weighted by Gasteiger charge is -2.07. The number of hydrogen-bond donors (Lipinski definition) is 3. The first-order valence-corrected chi connectivity index (χ1v) is 4.79. The Morgan fingerprint density at radius 3 is 2.31 bits per heavy atom. The summed E-state index contributed by atoms with van der Waals surface area (Å²) in [7, 11) is 0. The fourth-order valence-electron chi connectivity index (χ4n) is 1.12. The summed E-state index contributed by atoms with van der Waals surface area (Å²) >= 11 is 0. The monoisotopic (exact) mass is 223 g/mol. The van der Waals surface area contributed by atoms with E-state index >= 15 is 0 Å². The number of nitrogens with one attached hydrogen (secondary N) is 1. The third-order valence-electron chi connectivity index (χ3n) is 1.86. The number of carbonyl (C=O) groups is 2. The molecule has 5 heteroatoms. The summed E-state index contributed by atoms with van der Waals surface area (Å²) in [4.78, 5) is 22.9. The first-order valence-electron chi connectivity index (χ1n) is 4.79. The molecule has 0 spiro atoms. The van der Waals surface area contributed by atoms with Gasteiger partial charge in [-0.25, -0.2) is 0 Å². The van der Waals surface area contributed by atoms with E-state index in [0.29, 0.717) is 0 Å². The number of rotatable bonds is 3. The number of aromatic hydroxyl groups is 2. The van der Waals surface area contributed by atoms with E-state index in [9.17, 15) is 14.7 Å². The van der Waals surface area contributed by atoms with Gasteiger partial charge in [-0.2, -0.15) is 0 Å². The second-order valence-electron chi connectivity index (χ2n) is 3.66. The number of phenols is 2. The Hall–Kier alpha value is -2.04. The summed E-state index contributed by atoms with van der Waals surface area (Å²) in [5, 5.41) is 20.7. The number of benzene rings is 1. The molecule has 5 nitrogen and oxygen atoms in total. The molecule has 0 saturated heterocycles. The highest BCUT2D eigenvalue weighted by molar-refractivity contribution is 6.42. The Balaban J connectivity index is 2.88. The molecule has 0 unspecified atom stereocenters. The summed E-state index contributed by atoms with van der Waals surface area (Å²) < 4.78 is 0. The van der Waals surface area contributed by atoms with Gasteiger partial charge in [-0.3, -0.25) is 9.59 Å². The van der Waals surface area contributed by atoms with Crippen molar-refractivity contribution in [3.05, 3.63) is 23.8 Å². The average molecular weight is 223 g/mol. The lowest BCUT2D eigenvalue weighted by atomic mass is 10.1. The van der Waals surface area contributed by atoms with Gasteiger partial charge < -0.3 is 15.5 Å². The predicted octanol–water partition coefficient (Wildman–Crippen LogP) is 0.805. The SMILES string of the molecule is CC(C)NC(=O)C(=O)c1ccc(O)c(O)c1. The number of amides is 1. The van der Waals surface area contributed by atoms with E-state index in [4.69, 9.17) is 5.11 Å². The minimum Gasteiger partial charge on any atom is -0.504 e. The zero-order chi connectivity index (χ0) is 12.3. The van der Waals surface area contributed by atoms with Crippen molar-refractivity contribution in [1.29, 1.82) is 0 Å². The zero-order valence-electron chi connectivity index (χ0n) is 9.02. The molecule has 0 aliphatic heterocycles.